The molecule has 0 aromatic heterocycles. The van der Waals surface area contributed by atoms with Gasteiger partial charge in [0.25, 0.3) is 6.47 Å². The van der Waals surface area contributed by atoms with Gasteiger partial charge in [-0.15, -0.1) is 0 Å². The van der Waals surface area contributed by atoms with Gasteiger partial charge in [0.2, 0.25) is 0 Å². The highest BCUT2D eigenvalue weighted by Gasteiger charge is 2.44. The van der Waals surface area contributed by atoms with E-state index in [0.717, 1.165) is 38.0 Å². The molecule has 0 heterocycles. The predicted molar refractivity (Wildman–Crippen MR) is 93.4 cm³/mol. The Morgan fingerprint density at radius 1 is 0.957 bits per heavy atom. The third-order valence-electron chi connectivity index (χ3n) is 5.50. The summed E-state index contributed by atoms with van der Waals surface area (Å²) in [7, 11) is 0. The highest BCUT2D eigenvalue weighted by molar-refractivity contribution is 5.39. The SMILES string of the molecule is O=COC1(CCCCc2ccc(CCCCC3CC3)cc2)CC1. The van der Waals surface area contributed by atoms with Gasteiger partial charge in [0, 0.05) is 0 Å². The number of benzene rings is 1. The standard InChI is InChI=1S/C21H30O2/c22-17-23-21(15-16-21)14-4-3-7-20-12-10-19(11-13-20)6-2-1-5-18-8-9-18/h10-13,17-18H,1-9,14-16H2. The number of carbonyl (C=O) groups excluding carboxylic acids is 1. The van der Waals surface area contributed by atoms with Gasteiger partial charge in [0.1, 0.15) is 5.60 Å². The summed E-state index contributed by atoms with van der Waals surface area (Å²) < 4.78 is 5.19. The molecule has 0 radical (unpaired) electrons. The number of rotatable bonds is 12. The van der Waals surface area contributed by atoms with Crippen LogP contribution in [0.25, 0.3) is 0 Å². The fraction of sp³-hybridized carbons (Fsp3) is 0.667. The van der Waals surface area contributed by atoms with E-state index in [9.17, 15) is 4.79 Å². The van der Waals surface area contributed by atoms with E-state index < -0.39 is 0 Å². The Bertz CT molecular complexity index is 483. The van der Waals surface area contributed by atoms with Gasteiger partial charge in [-0.3, -0.25) is 4.79 Å². The number of hydrogen-bond donors (Lipinski definition) is 0. The fourth-order valence-corrected chi connectivity index (χ4v) is 3.49. The van der Waals surface area contributed by atoms with E-state index in [1.165, 1.54) is 56.1 Å². The first-order chi connectivity index (χ1) is 11.3. The maximum atomic E-state index is 10.5. The van der Waals surface area contributed by atoms with Gasteiger partial charge >= 0.3 is 0 Å². The van der Waals surface area contributed by atoms with Crippen molar-refractivity contribution < 1.29 is 9.53 Å². The maximum Gasteiger partial charge on any atom is 0.293 e. The number of hydrogen-bond acceptors (Lipinski definition) is 2. The number of unbranched alkanes of at least 4 members (excludes halogenated alkanes) is 2. The zero-order chi connectivity index (χ0) is 16.0. The molecular weight excluding hydrogens is 284 g/mol. The second-order valence-electron chi connectivity index (χ2n) is 7.61. The first kappa shape index (κ1) is 16.5. The van der Waals surface area contributed by atoms with Crippen molar-refractivity contribution in [3.05, 3.63) is 35.4 Å². The summed E-state index contributed by atoms with van der Waals surface area (Å²) >= 11 is 0. The van der Waals surface area contributed by atoms with E-state index in [1.54, 1.807) is 0 Å². The Morgan fingerprint density at radius 3 is 2.09 bits per heavy atom. The molecule has 0 atom stereocenters. The molecule has 0 spiro atoms. The van der Waals surface area contributed by atoms with Crippen molar-refractivity contribution in [2.24, 2.45) is 5.92 Å². The van der Waals surface area contributed by atoms with Crippen molar-refractivity contribution in [1.82, 2.24) is 0 Å². The molecule has 1 aromatic rings. The lowest BCUT2D eigenvalue weighted by atomic mass is 10.0. The minimum Gasteiger partial charge on any atom is -0.461 e. The smallest absolute Gasteiger partial charge is 0.293 e. The van der Waals surface area contributed by atoms with Crippen LogP contribution in [0.4, 0.5) is 0 Å². The van der Waals surface area contributed by atoms with Crippen molar-refractivity contribution in [3.8, 4) is 0 Å². The minimum absolute atomic E-state index is 0.0773. The summed E-state index contributed by atoms with van der Waals surface area (Å²) in [4.78, 5) is 10.5. The zero-order valence-corrected chi connectivity index (χ0v) is 14.3. The topological polar surface area (TPSA) is 26.3 Å². The Morgan fingerprint density at radius 2 is 1.57 bits per heavy atom. The normalized spacial score (nSPS) is 18.6. The molecule has 0 amide bonds. The summed E-state index contributed by atoms with van der Waals surface area (Å²) in [5.74, 6) is 1.07. The van der Waals surface area contributed by atoms with Crippen LogP contribution < -0.4 is 0 Å². The van der Waals surface area contributed by atoms with Gasteiger partial charge in [-0.05, 0) is 68.4 Å². The lowest BCUT2D eigenvalue weighted by Crippen LogP contribution is -2.12. The lowest BCUT2D eigenvalue weighted by Gasteiger charge is -2.12. The molecule has 2 aliphatic rings. The van der Waals surface area contributed by atoms with E-state index >= 15 is 0 Å². The van der Waals surface area contributed by atoms with Crippen LogP contribution in [0.15, 0.2) is 24.3 Å². The molecule has 0 saturated heterocycles. The number of aryl methyl sites for hydroxylation is 2. The van der Waals surface area contributed by atoms with Gasteiger partial charge in [-0.2, -0.15) is 0 Å². The van der Waals surface area contributed by atoms with Gasteiger partial charge in [-0.25, -0.2) is 0 Å². The molecule has 0 bridgehead atoms. The molecule has 2 heteroatoms. The van der Waals surface area contributed by atoms with Crippen LogP contribution in [-0.4, -0.2) is 12.1 Å². The summed E-state index contributed by atoms with van der Waals surface area (Å²) in [6.45, 7) is 0.621. The summed E-state index contributed by atoms with van der Waals surface area (Å²) in [5, 5.41) is 0. The molecule has 2 nitrogen and oxygen atoms in total. The van der Waals surface area contributed by atoms with Gasteiger partial charge in [-0.1, -0.05) is 49.9 Å². The Kier molecular flexibility index (Phi) is 5.75. The molecule has 0 N–H and O–H groups in total. The first-order valence-electron chi connectivity index (χ1n) is 9.49. The third kappa shape index (κ3) is 5.67. The maximum absolute atomic E-state index is 10.5. The molecule has 1 aromatic carbocycles. The molecule has 3 rings (SSSR count). The summed E-state index contributed by atoms with van der Waals surface area (Å²) in [5.41, 5.74) is 2.85. The van der Waals surface area contributed by atoms with Gasteiger partial charge < -0.3 is 4.74 Å². The zero-order valence-electron chi connectivity index (χ0n) is 14.3. The molecule has 23 heavy (non-hydrogen) atoms. The van der Waals surface area contributed by atoms with Crippen LogP contribution in [0.5, 0.6) is 0 Å². The highest BCUT2D eigenvalue weighted by atomic mass is 16.5. The fourth-order valence-electron chi connectivity index (χ4n) is 3.49. The van der Waals surface area contributed by atoms with Crippen LogP contribution in [0.3, 0.4) is 0 Å². The van der Waals surface area contributed by atoms with Crippen LogP contribution in [-0.2, 0) is 22.4 Å². The van der Waals surface area contributed by atoms with E-state index in [0.29, 0.717) is 6.47 Å². The van der Waals surface area contributed by atoms with E-state index in [4.69, 9.17) is 4.74 Å². The minimum atomic E-state index is -0.0773. The summed E-state index contributed by atoms with van der Waals surface area (Å²) in [6, 6.07) is 9.21. The van der Waals surface area contributed by atoms with E-state index in [2.05, 4.69) is 24.3 Å². The van der Waals surface area contributed by atoms with Crippen molar-refractivity contribution >= 4 is 6.47 Å². The van der Waals surface area contributed by atoms with Crippen molar-refractivity contribution in [1.29, 1.82) is 0 Å². The van der Waals surface area contributed by atoms with Crippen LogP contribution in [0, 0.1) is 5.92 Å². The van der Waals surface area contributed by atoms with Crippen molar-refractivity contribution in [3.63, 3.8) is 0 Å². The summed E-state index contributed by atoms with van der Waals surface area (Å²) in [6.07, 6.45) is 15.0. The Hall–Kier alpha value is -1.31. The van der Waals surface area contributed by atoms with Gasteiger partial charge in [0.05, 0.1) is 0 Å². The van der Waals surface area contributed by atoms with Crippen LogP contribution in [0.2, 0.25) is 0 Å². The van der Waals surface area contributed by atoms with Crippen molar-refractivity contribution in [2.75, 3.05) is 0 Å². The third-order valence-corrected chi connectivity index (χ3v) is 5.50. The van der Waals surface area contributed by atoms with E-state index in [1.807, 2.05) is 0 Å². The molecule has 2 saturated carbocycles. The molecule has 2 fully saturated rings. The van der Waals surface area contributed by atoms with Gasteiger partial charge in [0.15, 0.2) is 0 Å². The van der Waals surface area contributed by atoms with Crippen LogP contribution >= 0.6 is 0 Å². The molecular formula is C21H30O2. The van der Waals surface area contributed by atoms with E-state index in [-0.39, 0.29) is 5.60 Å². The second kappa shape index (κ2) is 7.99. The number of carbonyl (C=O) groups is 1. The Labute approximate surface area is 140 Å². The average molecular weight is 314 g/mol. The molecule has 126 valence electrons. The lowest BCUT2D eigenvalue weighted by molar-refractivity contribution is -0.135. The van der Waals surface area contributed by atoms with Crippen LogP contribution in [0.1, 0.15) is 75.3 Å². The molecule has 0 aliphatic heterocycles. The molecule has 2 aliphatic carbocycles. The monoisotopic (exact) mass is 314 g/mol. The largest absolute Gasteiger partial charge is 0.461 e. The second-order valence-corrected chi connectivity index (χ2v) is 7.61. The average Bonchev–Trinajstić information content (AvgIpc) is 3.47. The van der Waals surface area contributed by atoms with Crippen molar-refractivity contribution in [2.45, 2.75) is 82.7 Å². The highest BCUT2D eigenvalue weighted by Crippen LogP contribution is 2.43. The predicted octanol–water partition coefficient (Wildman–Crippen LogP) is 5.23. The first-order valence-corrected chi connectivity index (χ1v) is 9.49. The number of ether oxygens (including phenoxy) is 1. The molecule has 0 unspecified atom stereocenters. The quantitative estimate of drug-likeness (QED) is 0.390. The Balaban J connectivity index is 1.28.